The normalized spacial score (nSPS) is 10.1. The smallest absolute Gasteiger partial charge is 0.336 e. The topological polar surface area (TPSA) is 105 Å². The SMILES string of the molecule is COCCNC(=O)c1ccccc1NC(=O)c1ccccc1C(=O)O. The number of amides is 2. The predicted octanol–water partition coefficient (Wildman–Crippen LogP) is 2.01. The van der Waals surface area contributed by atoms with Gasteiger partial charge in [0.15, 0.2) is 0 Å². The highest BCUT2D eigenvalue weighted by Crippen LogP contribution is 2.17. The second-order valence-corrected chi connectivity index (χ2v) is 5.10. The zero-order valence-corrected chi connectivity index (χ0v) is 13.6. The standard InChI is InChI=1S/C18H18N2O5/c1-25-11-10-19-16(21)14-8-4-5-9-15(14)20-17(22)12-6-2-3-7-13(12)18(23)24/h2-9H,10-11H2,1H3,(H,19,21)(H,20,22)(H,23,24). The van der Waals surface area contributed by atoms with E-state index in [1.807, 2.05) is 0 Å². The fourth-order valence-electron chi connectivity index (χ4n) is 2.21. The molecule has 0 heterocycles. The zero-order chi connectivity index (χ0) is 18.2. The van der Waals surface area contributed by atoms with Crippen LogP contribution in [0.15, 0.2) is 48.5 Å². The Labute approximate surface area is 144 Å². The fraction of sp³-hybridized carbons (Fsp3) is 0.167. The van der Waals surface area contributed by atoms with Crippen LogP contribution in [0.25, 0.3) is 0 Å². The van der Waals surface area contributed by atoms with Gasteiger partial charge in [-0.05, 0) is 24.3 Å². The molecule has 2 rings (SSSR count). The van der Waals surface area contributed by atoms with E-state index in [4.69, 9.17) is 4.74 Å². The van der Waals surface area contributed by atoms with E-state index in [9.17, 15) is 19.5 Å². The lowest BCUT2D eigenvalue weighted by atomic mass is 10.1. The van der Waals surface area contributed by atoms with Crippen LogP contribution in [-0.2, 0) is 4.74 Å². The molecule has 25 heavy (non-hydrogen) atoms. The largest absolute Gasteiger partial charge is 0.478 e. The first-order chi connectivity index (χ1) is 12.0. The lowest BCUT2D eigenvalue weighted by Crippen LogP contribution is -2.28. The summed E-state index contributed by atoms with van der Waals surface area (Å²) in [4.78, 5) is 35.9. The highest BCUT2D eigenvalue weighted by atomic mass is 16.5. The number of hydrogen-bond acceptors (Lipinski definition) is 4. The molecular formula is C18H18N2O5. The molecule has 0 aromatic heterocycles. The van der Waals surface area contributed by atoms with Gasteiger partial charge in [0.25, 0.3) is 11.8 Å². The molecule has 0 spiro atoms. The van der Waals surface area contributed by atoms with Crippen LogP contribution < -0.4 is 10.6 Å². The quantitative estimate of drug-likeness (QED) is 0.668. The van der Waals surface area contributed by atoms with E-state index in [1.54, 1.807) is 30.3 Å². The predicted molar refractivity (Wildman–Crippen MR) is 92.0 cm³/mol. The number of para-hydroxylation sites is 1. The second kappa shape index (κ2) is 8.60. The van der Waals surface area contributed by atoms with Gasteiger partial charge in [0, 0.05) is 13.7 Å². The molecule has 0 radical (unpaired) electrons. The first-order valence-corrected chi connectivity index (χ1v) is 7.54. The molecule has 0 atom stereocenters. The molecule has 3 N–H and O–H groups in total. The number of ether oxygens (including phenoxy) is 1. The molecular weight excluding hydrogens is 324 g/mol. The van der Waals surface area contributed by atoms with Gasteiger partial charge in [0.05, 0.1) is 29.0 Å². The Bertz CT molecular complexity index is 789. The average Bonchev–Trinajstić information content (AvgIpc) is 2.62. The van der Waals surface area contributed by atoms with Crippen LogP contribution in [0, 0.1) is 0 Å². The van der Waals surface area contributed by atoms with Crippen LogP contribution in [0.1, 0.15) is 31.1 Å². The van der Waals surface area contributed by atoms with Gasteiger partial charge >= 0.3 is 5.97 Å². The Balaban J connectivity index is 2.22. The van der Waals surface area contributed by atoms with E-state index in [0.29, 0.717) is 18.8 Å². The minimum absolute atomic E-state index is 0.0181. The van der Waals surface area contributed by atoms with E-state index in [0.717, 1.165) is 0 Å². The van der Waals surface area contributed by atoms with Crippen LogP contribution in [-0.4, -0.2) is 43.2 Å². The number of carbonyl (C=O) groups is 3. The maximum Gasteiger partial charge on any atom is 0.336 e. The van der Waals surface area contributed by atoms with Crippen molar-refractivity contribution >= 4 is 23.5 Å². The average molecular weight is 342 g/mol. The van der Waals surface area contributed by atoms with Gasteiger partial charge < -0.3 is 20.5 Å². The molecule has 130 valence electrons. The maximum atomic E-state index is 12.4. The third-order valence-electron chi connectivity index (χ3n) is 3.41. The van der Waals surface area contributed by atoms with Crippen molar-refractivity contribution in [3.8, 4) is 0 Å². The summed E-state index contributed by atoms with van der Waals surface area (Å²) in [6.07, 6.45) is 0. The number of carbonyl (C=O) groups excluding carboxylic acids is 2. The first-order valence-electron chi connectivity index (χ1n) is 7.54. The molecule has 7 nitrogen and oxygen atoms in total. The Morgan fingerprint density at radius 1 is 0.920 bits per heavy atom. The Kier molecular flexibility index (Phi) is 6.25. The molecule has 2 aromatic rings. The van der Waals surface area contributed by atoms with E-state index in [1.165, 1.54) is 25.3 Å². The number of methoxy groups -OCH3 is 1. The monoisotopic (exact) mass is 342 g/mol. The van der Waals surface area contributed by atoms with Crippen molar-refractivity contribution in [1.29, 1.82) is 0 Å². The molecule has 2 aromatic carbocycles. The third kappa shape index (κ3) is 4.65. The number of anilines is 1. The summed E-state index contributed by atoms with van der Waals surface area (Å²) in [5.74, 6) is -2.16. The number of carboxylic acids is 1. The van der Waals surface area contributed by atoms with E-state index >= 15 is 0 Å². The second-order valence-electron chi connectivity index (χ2n) is 5.10. The van der Waals surface area contributed by atoms with Crippen molar-refractivity contribution in [2.45, 2.75) is 0 Å². The maximum absolute atomic E-state index is 12.4. The van der Waals surface area contributed by atoms with Gasteiger partial charge in [0.1, 0.15) is 0 Å². The Morgan fingerprint density at radius 2 is 1.52 bits per heavy atom. The summed E-state index contributed by atoms with van der Waals surface area (Å²) in [6.45, 7) is 0.700. The van der Waals surface area contributed by atoms with Crippen molar-refractivity contribution in [3.63, 3.8) is 0 Å². The highest BCUT2D eigenvalue weighted by molar-refractivity contribution is 6.13. The van der Waals surface area contributed by atoms with E-state index in [-0.39, 0.29) is 22.6 Å². The molecule has 7 heteroatoms. The molecule has 0 aliphatic rings. The third-order valence-corrected chi connectivity index (χ3v) is 3.41. The van der Waals surface area contributed by atoms with E-state index < -0.39 is 11.9 Å². The van der Waals surface area contributed by atoms with Gasteiger partial charge in [-0.2, -0.15) is 0 Å². The molecule has 0 fully saturated rings. The summed E-state index contributed by atoms with van der Waals surface area (Å²) in [5.41, 5.74) is 0.481. The number of nitrogens with one attached hydrogen (secondary N) is 2. The molecule has 0 unspecified atom stereocenters. The number of aromatic carboxylic acids is 1. The molecule has 0 aliphatic carbocycles. The van der Waals surface area contributed by atoms with Crippen LogP contribution in [0.4, 0.5) is 5.69 Å². The minimum Gasteiger partial charge on any atom is -0.478 e. The summed E-state index contributed by atoms with van der Waals surface area (Å²) in [5, 5.41) is 14.5. The molecule has 0 aliphatic heterocycles. The summed E-state index contributed by atoms with van der Waals surface area (Å²) >= 11 is 0. The van der Waals surface area contributed by atoms with Gasteiger partial charge in [-0.1, -0.05) is 24.3 Å². The van der Waals surface area contributed by atoms with Gasteiger partial charge in [0.2, 0.25) is 0 Å². The highest BCUT2D eigenvalue weighted by Gasteiger charge is 2.18. The molecule has 0 bridgehead atoms. The molecule has 0 saturated carbocycles. The zero-order valence-electron chi connectivity index (χ0n) is 13.6. The fourth-order valence-corrected chi connectivity index (χ4v) is 2.21. The summed E-state index contributed by atoms with van der Waals surface area (Å²) in [7, 11) is 1.53. The van der Waals surface area contributed by atoms with Crippen molar-refractivity contribution in [3.05, 3.63) is 65.2 Å². The van der Waals surface area contributed by atoms with Gasteiger partial charge in [-0.25, -0.2) is 4.79 Å². The summed E-state index contributed by atoms with van der Waals surface area (Å²) in [6, 6.07) is 12.4. The molecule has 2 amide bonds. The number of hydrogen-bond donors (Lipinski definition) is 3. The van der Waals surface area contributed by atoms with Crippen LogP contribution in [0.3, 0.4) is 0 Å². The Hall–Kier alpha value is -3.19. The number of rotatable bonds is 7. The number of carboxylic acid groups (broad SMARTS) is 1. The lowest BCUT2D eigenvalue weighted by molar-refractivity contribution is 0.0692. The minimum atomic E-state index is -1.20. The number of benzene rings is 2. The van der Waals surface area contributed by atoms with Gasteiger partial charge in [-0.3, -0.25) is 9.59 Å². The van der Waals surface area contributed by atoms with E-state index in [2.05, 4.69) is 10.6 Å². The van der Waals surface area contributed by atoms with Crippen molar-refractivity contribution < 1.29 is 24.2 Å². The van der Waals surface area contributed by atoms with Crippen molar-refractivity contribution in [2.75, 3.05) is 25.6 Å². The van der Waals surface area contributed by atoms with Crippen LogP contribution in [0.5, 0.6) is 0 Å². The van der Waals surface area contributed by atoms with Gasteiger partial charge in [-0.15, -0.1) is 0 Å². The first kappa shape index (κ1) is 18.2. The van der Waals surface area contributed by atoms with Crippen LogP contribution in [0.2, 0.25) is 0 Å². The van der Waals surface area contributed by atoms with Crippen molar-refractivity contribution in [2.24, 2.45) is 0 Å². The lowest BCUT2D eigenvalue weighted by Gasteiger charge is -2.12. The Morgan fingerprint density at radius 3 is 2.16 bits per heavy atom. The van der Waals surface area contributed by atoms with Crippen molar-refractivity contribution in [1.82, 2.24) is 5.32 Å². The molecule has 0 saturated heterocycles. The van der Waals surface area contributed by atoms with Crippen LogP contribution >= 0.6 is 0 Å². The summed E-state index contributed by atoms with van der Waals surface area (Å²) < 4.78 is 4.88.